The van der Waals surface area contributed by atoms with Gasteiger partial charge in [-0.25, -0.2) is 4.79 Å². The van der Waals surface area contributed by atoms with Gasteiger partial charge in [-0.2, -0.15) is 5.06 Å². The predicted molar refractivity (Wildman–Crippen MR) is 105 cm³/mol. The summed E-state index contributed by atoms with van der Waals surface area (Å²) in [7, 11) is -2.00. The maximum atomic E-state index is 12.2. The first kappa shape index (κ1) is 21.4. The molecule has 1 aromatic heterocycles. The van der Waals surface area contributed by atoms with Crippen molar-refractivity contribution in [2.45, 2.75) is 69.7 Å². The molecule has 2 saturated heterocycles. The van der Waals surface area contributed by atoms with Gasteiger partial charge < -0.3 is 19.1 Å². The van der Waals surface area contributed by atoms with Crippen LogP contribution in [0.1, 0.15) is 39.8 Å². The van der Waals surface area contributed by atoms with E-state index in [2.05, 4.69) is 38.8 Å². The molecular formula is C18H31N3O6Si. The number of hydroxylamine groups is 2. The molecule has 28 heavy (non-hydrogen) atoms. The molecule has 10 heteroatoms. The van der Waals surface area contributed by atoms with Crippen molar-refractivity contribution >= 4 is 8.32 Å². The number of aromatic nitrogens is 2. The molecule has 0 radical (unpaired) electrons. The summed E-state index contributed by atoms with van der Waals surface area (Å²) in [6.45, 7) is 11.8. The summed E-state index contributed by atoms with van der Waals surface area (Å²) in [6.07, 6.45) is 1.50. The minimum Gasteiger partial charge on any atom is -0.414 e. The van der Waals surface area contributed by atoms with Gasteiger partial charge in [0.2, 0.25) is 0 Å². The van der Waals surface area contributed by atoms with E-state index in [1.54, 1.807) is 0 Å². The van der Waals surface area contributed by atoms with Crippen LogP contribution in [0.15, 0.2) is 21.9 Å². The van der Waals surface area contributed by atoms with Crippen molar-refractivity contribution < 1.29 is 19.1 Å². The van der Waals surface area contributed by atoms with Crippen LogP contribution < -0.4 is 11.2 Å². The number of hydrogen-bond donors (Lipinski definition) is 2. The second-order valence-corrected chi connectivity index (χ2v) is 14.0. The van der Waals surface area contributed by atoms with E-state index in [0.29, 0.717) is 26.0 Å². The molecule has 2 aliphatic rings. The maximum absolute atomic E-state index is 12.2. The van der Waals surface area contributed by atoms with Crippen LogP contribution in [-0.2, 0) is 13.9 Å². The van der Waals surface area contributed by atoms with E-state index in [1.165, 1.54) is 16.8 Å². The van der Waals surface area contributed by atoms with Gasteiger partial charge in [0, 0.05) is 25.2 Å². The zero-order valence-electron chi connectivity index (χ0n) is 17.2. The van der Waals surface area contributed by atoms with Crippen LogP contribution in [-0.4, -0.2) is 59.7 Å². The van der Waals surface area contributed by atoms with Crippen molar-refractivity contribution in [3.8, 4) is 0 Å². The molecule has 0 bridgehead atoms. The molecular weight excluding hydrogens is 382 g/mol. The number of H-pyrrole nitrogens is 1. The van der Waals surface area contributed by atoms with E-state index < -0.39 is 31.4 Å². The smallest absolute Gasteiger partial charge is 0.330 e. The monoisotopic (exact) mass is 413 g/mol. The highest BCUT2D eigenvalue weighted by Gasteiger charge is 2.53. The quantitative estimate of drug-likeness (QED) is 0.723. The molecule has 2 N–H and O–H groups in total. The van der Waals surface area contributed by atoms with Crippen LogP contribution in [0.2, 0.25) is 18.1 Å². The third-order valence-corrected chi connectivity index (χ3v) is 10.8. The Morgan fingerprint density at radius 3 is 2.68 bits per heavy atom. The zero-order valence-corrected chi connectivity index (χ0v) is 18.2. The van der Waals surface area contributed by atoms with Crippen molar-refractivity contribution in [2.24, 2.45) is 0 Å². The Balaban J connectivity index is 1.83. The molecule has 9 nitrogen and oxygen atoms in total. The third kappa shape index (κ3) is 4.17. The molecule has 0 aromatic carbocycles. The van der Waals surface area contributed by atoms with Crippen molar-refractivity contribution in [3.63, 3.8) is 0 Å². The highest BCUT2D eigenvalue weighted by molar-refractivity contribution is 6.74. The lowest BCUT2D eigenvalue weighted by Gasteiger charge is -2.42. The topological polar surface area (TPSA) is 106 Å². The van der Waals surface area contributed by atoms with Crippen LogP contribution >= 0.6 is 0 Å². The summed E-state index contributed by atoms with van der Waals surface area (Å²) in [5.74, 6) is 0. The molecule has 3 atom stereocenters. The van der Waals surface area contributed by atoms with Crippen molar-refractivity contribution in [1.82, 2.24) is 14.6 Å². The van der Waals surface area contributed by atoms with E-state index in [-0.39, 0.29) is 17.9 Å². The van der Waals surface area contributed by atoms with Gasteiger partial charge in [-0.15, -0.1) is 0 Å². The maximum Gasteiger partial charge on any atom is 0.330 e. The molecule has 1 spiro atoms. The normalized spacial score (nSPS) is 29.5. The van der Waals surface area contributed by atoms with Gasteiger partial charge in [-0.05, 0) is 24.6 Å². The molecule has 2 aliphatic heterocycles. The number of nitrogens with one attached hydrogen (secondary N) is 1. The standard InChI is InChI=1S/C18H31N3O6Si/c1-17(2,3)28(4,5)26-11-13-18(7-9-20(24)12-25-18)10-15(27-13)21-8-6-14(22)19-16(21)23/h6,8,13,15,24H,7,9-12H2,1-5H3,(H,19,22,23)/t13-,15-,18-/m1/s1. The Hall–Kier alpha value is -1.30. The van der Waals surface area contributed by atoms with Crippen LogP contribution in [0.3, 0.4) is 0 Å². The highest BCUT2D eigenvalue weighted by Crippen LogP contribution is 2.44. The Bertz CT molecular complexity index is 807. The van der Waals surface area contributed by atoms with Crippen molar-refractivity contribution in [2.75, 3.05) is 19.9 Å². The Morgan fingerprint density at radius 1 is 1.39 bits per heavy atom. The first-order valence-corrected chi connectivity index (χ1v) is 12.5. The number of hydrogen-bond acceptors (Lipinski definition) is 7. The van der Waals surface area contributed by atoms with Crippen LogP contribution in [0.25, 0.3) is 0 Å². The fourth-order valence-corrected chi connectivity index (χ4v) is 4.37. The summed E-state index contributed by atoms with van der Waals surface area (Å²) in [6, 6.07) is 1.30. The highest BCUT2D eigenvalue weighted by atomic mass is 28.4. The summed E-state index contributed by atoms with van der Waals surface area (Å²) in [5.41, 5.74) is -1.61. The molecule has 0 amide bonds. The Labute approximate surface area is 165 Å². The van der Waals surface area contributed by atoms with Gasteiger partial charge in [0.1, 0.15) is 24.7 Å². The summed E-state index contributed by atoms with van der Waals surface area (Å²) in [5, 5.41) is 10.9. The van der Waals surface area contributed by atoms with E-state index in [4.69, 9.17) is 13.9 Å². The number of nitrogens with zero attached hydrogens (tertiary/aromatic N) is 2. The lowest BCUT2D eigenvalue weighted by atomic mass is 9.90. The van der Waals surface area contributed by atoms with Gasteiger partial charge >= 0.3 is 5.69 Å². The summed E-state index contributed by atoms with van der Waals surface area (Å²) >= 11 is 0. The molecule has 0 unspecified atom stereocenters. The second-order valence-electron chi connectivity index (χ2n) is 9.19. The first-order chi connectivity index (χ1) is 12.9. The molecule has 3 heterocycles. The van der Waals surface area contributed by atoms with Crippen LogP contribution in [0, 0.1) is 0 Å². The Morgan fingerprint density at radius 2 is 2.11 bits per heavy atom. The molecule has 2 fully saturated rings. The summed E-state index contributed by atoms with van der Waals surface area (Å²) in [4.78, 5) is 25.9. The predicted octanol–water partition coefficient (Wildman–Crippen LogP) is 1.65. The third-order valence-electron chi connectivity index (χ3n) is 6.29. The van der Waals surface area contributed by atoms with Crippen molar-refractivity contribution in [3.05, 3.63) is 33.1 Å². The van der Waals surface area contributed by atoms with Crippen LogP contribution in [0.5, 0.6) is 0 Å². The van der Waals surface area contributed by atoms with Gasteiger partial charge in [-0.3, -0.25) is 14.3 Å². The fraction of sp³-hybridized carbons (Fsp3) is 0.778. The van der Waals surface area contributed by atoms with Gasteiger partial charge in [0.15, 0.2) is 8.32 Å². The summed E-state index contributed by atoms with van der Waals surface area (Å²) < 4.78 is 20.0. The number of aromatic amines is 1. The van der Waals surface area contributed by atoms with E-state index >= 15 is 0 Å². The lowest BCUT2D eigenvalue weighted by molar-refractivity contribution is -0.252. The molecule has 0 saturated carbocycles. The average molecular weight is 414 g/mol. The zero-order chi connectivity index (χ0) is 20.7. The second kappa shape index (κ2) is 7.51. The minimum atomic E-state index is -2.00. The SMILES string of the molecule is CC(C)(C)[Si](C)(C)OC[C@H]1O[C@@H](n2ccc(=O)[nH]c2=O)C[C@]12CCN(O)CO2. The van der Waals surface area contributed by atoms with E-state index in [9.17, 15) is 14.8 Å². The van der Waals surface area contributed by atoms with Crippen molar-refractivity contribution in [1.29, 1.82) is 0 Å². The fourth-order valence-electron chi connectivity index (χ4n) is 3.37. The van der Waals surface area contributed by atoms with E-state index in [0.717, 1.165) is 5.06 Å². The Kier molecular flexibility index (Phi) is 5.74. The lowest BCUT2D eigenvalue weighted by Crippen LogP contribution is -2.53. The van der Waals surface area contributed by atoms with Gasteiger partial charge in [-0.1, -0.05) is 20.8 Å². The molecule has 1 aromatic rings. The molecule has 158 valence electrons. The minimum absolute atomic E-state index is 0.0589. The largest absolute Gasteiger partial charge is 0.414 e. The molecule has 3 rings (SSSR count). The van der Waals surface area contributed by atoms with Gasteiger partial charge in [0.25, 0.3) is 5.56 Å². The number of ether oxygens (including phenoxy) is 2. The molecule has 0 aliphatic carbocycles. The average Bonchev–Trinajstić information content (AvgIpc) is 2.93. The number of rotatable bonds is 4. The van der Waals surface area contributed by atoms with Crippen LogP contribution in [0.4, 0.5) is 0 Å². The first-order valence-electron chi connectivity index (χ1n) is 9.62. The van der Waals surface area contributed by atoms with Gasteiger partial charge in [0.05, 0.1) is 6.61 Å². The van der Waals surface area contributed by atoms with E-state index in [1.807, 2.05) is 0 Å².